The van der Waals surface area contributed by atoms with Gasteiger partial charge in [0.1, 0.15) is 5.82 Å². The fraction of sp³-hybridized carbons (Fsp3) is 0.235. The largest absolute Gasteiger partial charge is 0.325 e. The minimum Gasteiger partial charge on any atom is -0.325 e. The third kappa shape index (κ3) is 3.47. The molecule has 1 heterocycles. The van der Waals surface area contributed by atoms with E-state index >= 15 is 0 Å². The van der Waals surface area contributed by atoms with E-state index in [1.807, 2.05) is 12.1 Å². The van der Waals surface area contributed by atoms with Gasteiger partial charge in [-0.1, -0.05) is 30.3 Å². The number of hydrogen-bond acceptors (Lipinski definition) is 2. The molecule has 1 aliphatic rings. The molecule has 1 aliphatic heterocycles. The predicted molar refractivity (Wildman–Crippen MR) is 80.5 cm³/mol. The standard InChI is InChI=1S/C17H17FN2O/c18-15-6-3-7-16(10-15)19-17(21)12-20-9-8-13-4-1-2-5-14(13)11-20/h1-7,10H,8-9,11-12H2,(H,19,21). The summed E-state index contributed by atoms with van der Waals surface area (Å²) in [5.74, 6) is -0.459. The molecule has 0 unspecified atom stereocenters. The van der Waals surface area contributed by atoms with Crippen LogP contribution in [0.3, 0.4) is 0 Å². The Bertz CT molecular complexity index is 657. The van der Waals surface area contributed by atoms with E-state index in [4.69, 9.17) is 0 Å². The zero-order chi connectivity index (χ0) is 14.7. The van der Waals surface area contributed by atoms with Crippen molar-refractivity contribution in [3.63, 3.8) is 0 Å². The van der Waals surface area contributed by atoms with Crippen LogP contribution < -0.4 is 5.32 Å². The number of benzene rings is 2. The normalized spacial score (nSPS) is 14.5. The van der Waals surface area contributed by atoms with E-state index < -0.39 is 0 Å². The molecule has 3 rings (SSSR count). The van der Waals surface area contributed by atoms with E-state index in [0.717, 1.165) is 19.5 Å². The van der Waals surface area contributed by atoms with Crippen LogP contribution in [0.25, 0.3) is 0 Å². The minimum absolute atomic E-state index is 0.111. The fourth-order valence-corrected chi connectivity index (χ4v) is 2.66. The second-order valence-corrected chi connectivity index (χ2v) is 5.29. The van der Waals surface area contributed by atoms with Crippen LogP contribution in [0.2, 0.25) is 0 Å². The van der Waals surface area contributed by atoms with Crippen LogP contribution in [0.4, 0.5) is 10.1 Å². The van der Waals surface area contributed by atoms with Gasteiger partial charge < -0.3 is 5.32 Å². The highest BCUT2D eigenvalue weighted by Crippen LogP contribution is 2.18. The maximum Gasteiger partial charge on any atom is 0.238 e. The van der Waals surface area contributed by atoms with E-state index in [1.54, 1.807) is 12.1 Å². The number of hydrogen-bond donors (Lipinski definition) is 1. The Kier molecular flexibility index (Phi) is 3.97. The molecule has 0 aromatic heterocycles. The lowest BCUT2D eigenvalue weighted by atomic mass is 10.00. The minimum atomic E-state index is -0.348. The van der Waals surface area contributed by atoms with E-state index in [-0.39, 0.29) is 11.7 Å². The molecular formula is C17H17FN2O. The van der Waals surface area contributed by atoms with Crippen molar-refractivity contribution in [3.8, 4) is 0 Å². The van der Waals surface area contributed by atoms with Gasteiger partial charge in [-0.05, 0) is 35.7 Å². The first kappa shape index (κ1) is 13.8. The first-order valence-corrected chi connectivity index (χ1v) is 7.05. The lowest BCUT2D eigenvalue weighted by Crippen LogP contribution is -2.37. The van der Waals surface area contributed by atoms with Gasteiger partial charge in [-0.2, -0.15) is 0 Å². The van der Waals surface area contributed by atoms with Crippen LogP contribution in [0.1, 0.15) is 11.1 Å². The first-order valence-electron chi connectivity index (χ1n) is 7.05. The summed E-state index contributed by atoms with van der Waals surface area (Å²) >= 11 is 0. The summed E-state index contributed by atoms with van der Waals surface area (Å²) in [7, 11) is 0. The molecule has 1 N–H and O–H groups in total. The number of anilines is 1. The molecule has 2 aromatic rings. The summed E-state index contributed by atoms with van der Waals surface area (Å²) in [4.78, 5) is 14.1. The number of nitrogens with zero attached hydrogens (tertiary/aromatic N) is 1. The smallest absolute Gasteiger partial charge is 0.238 e. The lowest BCUT2D eigenvalue weighted by molar-refractivity contribution is -0.117. The summed E-state index contributed by atoms with van der Waals surface area (Å²) in [6, 6.07) is 14.3. The summed E-state index contributed by atoms with van der Waals surface area (Å²) < 4.78 is 13.1. The molecule has 0 aliphatic carbocycles. The van der Waals surface area contributed by atoms with E-state index in [9.17, 15) is 9.18 Å². The van der Waals surface area contributed by atoms with Gasteiger partial charge in [0.05, 0.1) is 6.54 Å². The summed E-state index contributed by atoms with van der Waals surface area (Å²) in [5.41, 5.74) is 3.14. The Labute approximate surface area is 123 Å². The zero-order valence-corrected chi connectivity index (χ0v) is 11.7. The average molecular weight is 284 g/mol. The number of halogens is 1. The number of nitrogens with one attached hydrogen (secondary N) is 1. The van der Waals surface area contributed by atoms with Crippen LogP contribution in [-0.4, -0.2) is 23.9 Å². The Balaban J connectivity index is 1.59. The van der Waals surface area contributed by atoms with Crippen molar-refractivity contribution in [3.05, 3.63) is 65.5 Å². The molecule has 0 saturated carbocycles. The van der Waals surface area contributed by atoms with Gasteiger partial charge in [-0.15, -0.1) is 0 Å². The Hall–Kier alpha value is -2.20. The van der Waals surface area contributed by atoms with E-state index in [0.29, 0.717) is 12.2 Å². The monoisotopic (exact) mass is 284 g/mol. The highest BCUT2D eigenvalue weighted by atomic mass is 19.1. The molecule has 2 aromatic carbocycles. The number of rotatable bonds is 3. The fourth-order valence-electron chi connectivity index (χ4n) is 2.66. The maximum absolute atomic E-state index is 13.1. The third-order valence-electron chi connectivity index (χ3n) is 3.69. The van der Waals surface area contributed by atoms with Crippen LogP contribution >= 0.6 is 0 Å². The molecule has 108 valence electrons. The van der Waals surface area contributed by atoms with Gasteiger partial charge in [0.25, 0.3) is 0 Å². The van der Waals surface area contributed by atoms with E-state index in [1.165, 1.54) is 23.3 Å². The predicted octanol–water partition coefficient (Wildman–Crippen LogP) is 2.82. The van der Waals surface area contributed by atoms with Crippen LogP contribution in [-0.2, 0) is 17.8 Å². The molecular weight excluding hydrogens is 267 g/mol. The van der Waals surface area contributed by atoms with Crippen molar-refractivity contribution in [1.29, 1.82) is 0 Å². The average Bonchev–Trinajstić information content (AvgIpc) is 2.47. The molecule has 0 spiro atoms. The Morgan fingerprint density at radius 1 is 1.14 bits per heavy atom. The van der Waals surface area contributed by atoms with Crippen LogP contribution in [0.15, 0.2) is 48.5 Å². The molecule has 0 fully saturated rings. The van der Waals surface area contributed by atoms with Crippen molar-refractivity contribution in [2.45, 2.75) is 13.0 Å². The van der Waals surface area contributed by atoms with Crippen molar-refractivity contribution in [2.75, 3.05) is 18.4 Å². The Morgan fingerprint density at radius 3 is 2.76 bits per heavy atom. The number of fused-ring (bicyclic) bond motifs is 1. The molecule has 0 radical (unpaired) electrons. The second-order valence-electron chi connectivity index (χ2n) is 5.29. The van der Waals surface area contributed by atoms with Crippen LogP contribution in [0.5, 0.6) is 0 Å². The van der Waals surface area contributed by atoms with Crippen molar-refractivity contribution >= 4 is 11.6 Å². The van der Waals surface area contributed by atoms with Gasteiger partial charge in [0.2, 0.25) is 5.91 Å². The summed E-state index contributed by atoms with van der Waals surface area (Å²) in [5, 5.41) is 2.73. The molecule has 1 amide bonds. The van der Waals surface area contributed by atoms with Gasteiger partial charge in [-0.25, -0.2) is 4.39 Å². The quantitative estimate of drug-likeness (QED) is 0.940. The van der Waals surface area contributed by atoms with Crippen LogP contribution in [0, 0.1) is 5.82 Å². The lowest BCUT2D eigenvalue weighted by Gasteiger charge is -2.28. The van der Waals surface area contributed by atoms with Crippen molar-refractivity contribution in [2.24, 2.45) is 0 Å². The molecule has 4 heteroatoms. The molecule has 21 heavy (non-hydrogen) atoms. The highest BCUT2D eigenvalue weighted by Gasteiger charge is 2.17. The topological polar surface area (TPSA) is 32.3 Å². The molecule has 0 saturated heterocycles. The van der Waals surface area contributed by atoms with Gasteiger partial charge in [-0.3, -0.25) is 9.69 Å². The molecule has 0 bridgehead atoms. The number of amides is 1. The Morgan fingerprint density at radius 2 is 1.95 bits per heavy atom. The maximum atomic E-state index is 13.1. The second kappa shape index (κ2) is 6.06. The summed E-state index contributed by atoms with van der Waals surface area (Å²) in [6.07, 6.45) is 0.962. The number of carbonyl (C=O) groups is 1. The number of carbonyl (C=O) groups excluding carboxylic acids is 1. The highest BCUT2D eigenvalue weighted by molar-refractivity contribution is 5.92. The third-order valence-corrected chi connectivity index (χ3v) is 3.69. The molecule has 0 atom stereocenters. The van der Waals surface area contributed by atoms with Gasteiger partial charge in [0, 0.05) is 18.8 Å². The van der Waals surface area contributed by atoms with Gasteiger partial charge >= 0.3 is 0 Å². The van der Waals surface area contributed by atoms with Crippen molar-refractivity contribution in [1.82, 2.24) is 4.90 Å². The van der Waals surface area contributed by atoms with E-state index in [2.05, 4.69) is 22.3 Å². The summed E-state index contributed by atoms with van der Waals surface area (Å²) in [6.45, 7) is 1.98. The SMILES string of the molecule is O=C(CN1CCc2ccccc2C1)Nc1cccc(F)c1. The van der Waals surface area contributed by atoms with Gasteiger partial charge in [0.15, 0.2) is 0 Å². The van der Waals surface area contributed by atoms with Crippen molar-refractivity contribution < 1.29 is 9.18 Å². The molecule has 3 nitrogen and oxygen atoms in total. The first-order chi connectivity index (χ1) is 10.2. The zero-order valence-electron chi connectivity index (χ0n) is 11.7.